The minimum absolute atomic E-state index is 0.370. The first-order chi connectivity index (χ1) is 6.82. The molecule has 0 spiro atoms. The standard InChI is InChI=1S/C10H11BrO3S/c1-7(15(2,13)14)10(12)8-3-5-9(11)6-4-8/h3-7H,1-2H3/t7-/m1/s1. The Morgan fingerprint density at radius 3 is 2.13 bits per heavy atom. The molecule has 0 bridgehead atoms. The number of benzene rings is 1. The molecule has 1 atom stereocenters. The minimum Gasteiger partial charge on any atom is -0.293 e. The van der Waals surface area contributed by atoms with Crippen molar-refractivity contribution in [3.63, 3.8) is 0 Å². The normalized spacial score (nSPS) is 13.5. The smallest absolute Gasteiger partial charge is 0.180 e. The third-order valence-electron chi connectivity index (χ3n) is 2.14. The zero-order chi connectivity index (χ0) is 11.6. The fourth-order valence-corrected chi connectivity index (χ4v) is 1.83. The van der Waals surface area contributed by atoms with Crippen molar-refractivity contribution in [2.45, 2.75) is 12.2 Å². The van der Waals surface area contributed by atoms with E-state index in [9.17, 15) is 13.2 Å². The highest BCUT2D eigenvalue weighted by molar-refractivity contribution is 9.10. The van der Waals surface area contributed by atoms with E-state index in [1.54, 1.807) is 24.3 Å². The molecular weight excluding hydrogens is 280 g/mol. The molecule has 1 aromatic carbocycles. The van der Waals surface area contributed by atoms with Crippen LogP contribution in [-0.4, -0.2) is 25.7 Å². The maximum Gasteiger partial charge on any atom is 0.180 e. The molecule has 5 heteroatoms. The molecule has 0 unspecified atom stereocenters. The van der Waals surface area contributed by atoms with E-state index >= 15 is 0 Å². The van der Waals surface area contributed by atoms with Crippen LogP contribution >= 0.6 is 15.9 Å². The van der Waals surface area contributed by atoms with Gasteiger partial charge in [0.1, 0.15) is 5.25 Å². The predicted molar refractivity (Wildman–Crippen MR) is 62.8 cm³/mol. The first-order valence-electron chi connectivity index (χ1n) is 4.31. The molecule has 1 aromatic rings. The largest absolute Gasteiger partial charge is 0.293 e. The van der Waals surface area contributed by atoms with Gasteiger partial charge in [-0.25, -0.2) is 8.42 Å². The van der Waals surface area contributed by atoms with Crippen molar-refractivity contribution < 1.29 is 13.2 Å². The van der Waals surface area contributed by atoms with Crippen LogP contribution in [0.5, 0.6) is 0 Å². The molecule has 3 nitrogen and oxygen atoms in total. The molecule has 0 saturated carbocycles. The SMILES string of the molecule is C[C@H](C(=O)c1ccc(Br)cc1)S(C)(=O)=O. The lowest BCUT2D eigenvalue weighted by molar-refractivity contribution is 0.0991. The van der Waals surface area contributed by atoms with Crippen molar-refractivity contribution in [1.82, 2.24) is 0 Å². The molecule has 15 heavy (non-hydrogen) atoms. The van der Waals surface area contributed by atoms with E-state index in [2.05, 4.69) is 15.9 Å². The van der Waals surface area contributed by atoms with Gasteiger partial charge in [-0.3, -0.25) is 4.79 Å². The molecule has 0 amide bonds. The number of rotatable bonds is 3. The highest BCUT2D eigenvalue weighted by Gasteiger charge is 2.24. The number of halogens is 1. The second-order valence-electron chi connectivity index (χ2n) is 3.34. The number of carbonyl (C=O) groups is 1. The van der Waals surface area contributed by atoms with Crippen LogP contribution in [0.1, 0.15) is 17.3 Å². The van der Waals surface area contributed by atoms with E-state index in [0.29, 0.717) is 5.56 Å². The Bertz CT molecular complexity index is 462. The Balaban J connectivity index is 3.01. The monoisotopic (exact) mass is 290 g/mol. The van der Waals surface area contributed by atoms with Crippen molar-refractivity contribution in [2.75, 3.05) is 6.26 Å². The Morgan fingerprint density at radius 2 is 1.73 bits per heavy atom. The maximum atomic E-state index is 11.7. The number of hydrogen-bond donors (Lipinski definition) is 0. The Labute approximate surface area is 97.5 Å². The van der Waals surface area contributed by atoms with Gasteiger partial charge in [-0.05, 0) is 19.1 Å². The van der Waals surface area contributed by atoms with Crippen molar-refractivity contribution in [3.8, 4) is 0 Å². The molecule has 1 rings (SSSR count). The third kappa shape index (κ3) is 3.14. The molecule has 82 valence electrons. The van der Waals surface area contributed by atoms with Crippen LogP contribution in [0.15, 0.2) is 28.7 Å². The Hall–Kier alpha value is -0.680. The summed E-state index contributed by atoms with van der Waals surface area (Å²) in [4.78, 5) is 11.7. The molecule has 0 aromatic heterocycles. The summed E-state index contributed by atoms with van der Waals surface area (Å²) in [6, 6.07) is 6.63. The van der Waals surface area contributed by atoms with Gasteiger partial charge in [0.05, 0.1) is 0 Å². The van der Waals surface area contributed by atoms with Crippen molar-refractivity contribution >= 4 is 31.6 Å². The molecule has 0 fully saturated rings. The lowest BCUT2D eigenvalue weighted by Gasteiger charge is -2.07. The maximum absolute atomic E-state index is 11.7. The second kappa shape index (κ2) is 4.45. The summed E-state index contributed by atoms with van der Waals surface area (Å²) in [5.41, 5.74) is 0.413. The Kier molecular flexibility index (Phi) is 3.67. The molecule has 0 heterocycles. The molecule has 0 aliphatic heterocycles. The van der Waals surface area contributed by atoms with E-state index in [0.717, 1.165) is 10.7 Å². The summed E-state index contributed by atoms with van der Waals surface area (Å²) >= 11 is 3.24. The lowest BCUT2D eigenvalue weighted by Crippen LogP contribution is -2.26. The first-order valence-corrected chi connectivity index (χ1v) is 7.06. The van der Waals surface area contributed by atoms with Crippen molar-refractivity contribution in [2.24, 2.45) is 0 Å². The van der Waals surface area contributed by atoms with E-state index in [-0.39, 0.29) is 5.78 Å². The summed E-state index contributed by atoms with van der Waals surface area (Å²) in [7, 11) is -3.32. The zero-order valence-corrected chi connectivity index (χ0v) is 10.8. The second-order valence-corrected chi connectivity index (χ2v) is 6.62. The number of carbonyl (C=O) groups excluding carboxylic acids is 1. The summed E-state index contributed by atoms with van der Waals surface area (Å²) in [6.07, 6.45) is 1.06. The fourth-order valence-electron chi connectivity index (χ4n) is 1.04. The summed E-state index contributed by atoms with van der Waals surface area (Å²) < 4.78 is 23.2. The third-order valence-corrected chi connectivity index (χ3v) is 4.17. The molecule has 0 N–H and O–H groups in total. The highest BCUT2D eigenvalue weighted by atomic mass is 79.9. The van der Waals surface area contributed by atoms with Crippen molar-refractivity contribution in [1.29, 1.82) is 0 Å². The van der Waals surface area contributed by atoms with Crippen molar-refractivity contribution in [3.05, 3.63) is 34.3 Å². The van der Waals surface area contributed by atoms with E-state index < -0.39 is 15.1 Å². The van der Waals surface area contributed by atoms with Gasteiger partial charge in [-0.2, -0.15) is 0 Å². The number of hydrogen-bond acceptors (Lipinski definition) is 3. The van der Waals surface area contributed by atoms with E-state index in [1.165, 1.54) is 6.92 Å². The minimum atomic E-state index is -3.32. The summed E-state index contributed by atoms with van der Waals surface area (Å²) in [5.74, 6) is -0.370. The van der Waals surface area contributed by atoms with Gasteiger partial charge in [-0.1, -0.05) is 28.1 Å². The molecule has 0 aliphatic rings. The fraction of sp³-hybridized carbons (Fsp3) is 0.300. The van der Waals surface area contributed by atoms with E-state index in [4.69, 9.17) is 0 Å². The quantitative estimate of drug-likeness (QED) is 0.801. The number of ketones is 1. The Morgan fingerprint density at radius 1 is 1.27 bits per heavy atom. The van der Waals surface area contributed by atoms with Crippen LogP contribution in [0.3, 0.4) is 0 Å². The van der Waals surface area contributed by atoms with Crippen LogP contribution in [-0.2, 0) is 9.84 Å². The zero-order valence-electron chi connectivity index (χ0n) is 8.40. The van der Waals surface area contributed by atoms with E-state index in [1.807, 2.05) is 0 Å². The molecule has 0 radical (unpaired) electrons. The molecule has 0 saturated heterocycles. The average Bonchev–Trinajstić information content (AvgIpc) is 2.15. The van der Waals surface area contributed by atoms with Crippen LogP contribution in [0.2, 0.25) is 0 Å². The van der Waals surface area contributed by atoms with Crippen LogP contribution < -0.4 is 0 Å². The van der Waals surface area contributed by atoms with Gasteiger partial charge < -0.3 is 0 Å². The predicted octanol–water partition coefficient (Wildman–Crippen LogP) is 2.06. The number of sulfone groups is 1. The van der Waals surface area contributed by atoms with Gasteiger partial charge in [0.2, 0.25) is 0 Å². The summed E-state index contributed by atoms with van der Waals surface area (Å²) in [6.45, 7) is 1.40. The van der Waals surface area contributed by atoms with Gasteiger partial charge in [0.15, 0.2) is 15.6 Å². The number of Topliss-reactive ketones (excluding diaryl/α,β-unsaturated/α-hetero) is 1. The van der Waals surface area contributed by atoms with Crippen LogP contribution in [0.4, 0.5) is 0 Å². The topological polar surface area (TPSA) is 51.2 Å². The molecular formula is C10H11BrO3S. The lowest BCUT2D eigenvalue weighted by atomic mass is 10.1. The van der Waals surface area contributed by atoms with Gasteiger partial charge >= 0.3 is 0 Å². The average molecular weight is 291 g/mol. The van der Waals surface area contributed by atoms with Crippen LogP contribution in [0.25, 0.3) is 0 Å². The van der Waals surface area contributed by atoms with Gasteiger partial charge in [0.25, 0.3) is 0 Å². The van der Waals surface area contributed by atoms with Gasteiger partial charge in [-0.15, -0.1) is 0 Å². The highest BCUT2D eigenvalue weighted by Crippen LogP contribution is 2.14. The molecule has 0 aliphatic carbocycles. The summed E-state index contributed by atoms with van der Waals surface area (Å²) in [5, 5.41) is -0.987. The first kappa shape index (κ1) is 12.4. The van der Waals surface area contributed by atoms with Gasteiger partial charge in [0, 0.05) is 16.3 Å². The van der Waals surface area contributed by atoms with Crippen LogP contribution in [0, 0.1) is 0 Å².